The Morgan fingerprint density at radius 3 is 2.41 bits per heavy atom. The van der Waals surface area contributed by atoms with E-state index in [9.17, 15) is 18.0 Å². The summed E-state index contributed by atoms with van der Waals surface area (Å²) in [6.07, 6.45) is 0.589. The Hall–Kier alpha value is -2.33. The second-order valence-electron chi connectivity index (χ2n) is 8.10. The van der Waals surface area contributed by atoms with Crippen molar-refractivity contribution in [3.05, 3.63) is 24.3 Å². The van der Waals surface area contributed by atoms with Gasteiger partial charge in [0.15, 0.2) is 9.84 Å². The number of carbonyl (C=O) groups excluding carboxylic acids is 2. The lowest BCUT2D eigenvalue weighted by molar-refractivity contribution is -0.143. The highest BCUT2D eigenvalue weighted by Crippen LogP contribution is 2.36. The van der Waals surface area contributed by atoms with Crippen LogP contribution >= 0.6 is 0 Å². The molecule has 0 radical (unpaired) electrons. The molecule has 0 aliphatic carbocycles. The summed E-state index contributed by atoms with van der Waals surface area (Å²) >= 11 is 0. The Kier molecular flexibility index (Phi) is 8.00. The molecule has 0 saturated carbocycles. The van der Waals surface area contributed by atoms with Gasteiger partial charge in [0.1, 0.15) is 11.0 Å². The van der Waals surface area contributed by atoms with Gasteiger partial charge in [0.05, 0.1) is 25.0 Å². The van der Waals surface area contributed by atoms with Crippen molar-refractivity contribution in [2.75, 3.05) is 43.5 Å². The highest BCUT2D eigenvalue weighted by molar-refractivity contribution is 7.92. The number of nitrogens with two attached hydrogens (primary N) is 1. The minimum Gasteiger partial charge on any atom is -0.494 e. The number of rotatable bonds is 11. The Morgan fingerprint density at radius 2 is 1.84 bits per heavy atom. The molecular weight excluding hydrogens is 434 g/mol. The number of piperazine rings is 1. The maximum absolute atomic E-state index is 13.3. The van der Waals surface area contributed by atoms with Crippen molar-refractivity contribution in [2.24, 2.45) is 5.73 Å². The predicted octanol–water partition coefficient (Wildman–Crippen LogP) is 0.960. The molecular formula is C22H33N3O6S. The number of hydrogen-bond acceptors (Lipinski definition) is 8. The number of carbonyl (C=O) groups is 2. The molecule has 1 aromatic rings. The smallest absolute Gasteiger partial charge is 0.305 e. The van der Waals surface area contributed by atoms with E-state index in [0.717, 1.165) is 17.9 Å². The van der Waals surface area contributed by atoms with E-state index in [0.29, 0.717) is 19.7 Å². The highest BCUT2D eigenvalue weighted by atomic mass is 32.2. The number of fused-ring (bicyclic) bond motifs is 2. The fraction of sp³-hybridized carbons (Fsp3) is 0.636. The average Bonchev–Trinajstić information content (AvgIpc) is 3.35. The standard InChI is InChI=1S/C22H33N3O6S/c1-3-30-19-7-5-16(6-8-19)24-14-18-13-17(24)15-25(18)22(27)20(32(28,29)12-11-23)9-10-21(26)31-4-2/h5-8,17-18,20H,3-4,9-15,23H2,1-2H3/t17-,18-,20?/m0/s1. The van der Waals surface area contributed by atoms with Crippen molar-refractivity contribution in [3.8, 4) is 5.75 Å². The average molecular weight is 468 g/mol. The third-order valence-corrected chi connectivity index (χ3v) is 8.14. The molecule has 32 heavy (non-hydrogen) atoms. The van der Waals surface area contributed by atoms with Crippen LogP contribution in [0.3, 0.4) is 0 Å². The van der Waals surface area contributed by atoms with Gasteiger partial charge in [-0.15, -0.1) is 0 Å². The van der Waals surface area contributed by atoms with E-state index < -0.39 is 27.0 Å². The number of amides is 1. The van der Waals surface area contributed by atoms with Crippen molar-refractivity contribution < 1.29 is 27.5 Å². The van der Waals surface area contributed by atoms with Gasteiger partial charge in [-0.3, -0.25) is 9.59 Å². The zero-order chi connectivity index (χ0) is 23.3. The summed E-state index contributed by atoms with van der Waals surface area (Å²) in [5.41, 5.74) is 6.53. The van der Waals surface area contributed by atoms with Gasteiger partial charge in [-0.2, -0.15) is 0 Å². The van der Waals surface area contributed by atoms with Gasteiger partial charge < -0.3 is 25.0 Å². The number of anilines is 1. The molecule has 0 spiro atoms. The Balaban J connectivity index is 1.69. The van der Waals surface area contributed by atoms with Crippen LogP contribution in [-0.2, 0) is 24.2 Å². The van der Waals surface area contributed by atoms with Gasteiger partial charge >= 0.3 is 5.97 Å². The van der Waals surface area contributed by atoms with Crippen LogP contribution in [0.25, 0.3) is 0 Å². The molecule has 1 aromatic carbocycles. The van der Waals surface area contributed by atoms with E-state index in [2.05, 4.69) is 4.90 Å². The van der Waals surface area contributed by atoms with Crippen LogP contribution in [0.1, 0.15) is 33.1 Å². The van der Waals surface area contributed by atoms with Crippen molar-refractivity contribution in [1.82, 2.24) is 4.90 Å². The van der Waals surface area contributed by atoms with Gasteiger partial charge in [0.2, 0.25) is 5.91 Å². The first-order chi connectivity index (χ1) is 15.3. The number of esters is 1. The zero-order valence-electron chi connectivity index (χ0n) is 18.7. The van der Waals surface area contributed by atoms with Crippen molar-refractivity contribution >= 4 is 27.4 Å². The number of nitrogens with zero attached hydrogens (tertiary/aromatic N) is 2. The van der Waals surface area contributed by atoms with E-state index in [-0.39, 0.29) is 43.8 Å². The summed E-state index contributed by atoms with van der Waals surface area (Å²) in [7, 11) is -3.76. The van der Waals surface area contributed by atoms with Crippen LogP contribution < -0.4 is 15.4 Å². The Morgan fingerprint density at radius 1 is 1.12 bits per heavy atom. The molecule has 2 aliphatic rings. The minimum absolute atomic E-state index is 0.0581. The molecule has 2 saturated heterocycles. The SMILES string of the molecule is CCOC(=O)CCC(C(=O)N1C[C@@H]2C[C@H]1CN2c1ccc(OCC)cc1)S(=O)(=O)CCN. The largest absolute Gasteiger partial charge is 0.494 e. The molecule has 3 rings (SSSR count). The van der Waals surface area contributed by atoms with Gasteiger partial charge in [-0.25, -0.2) is 8.42 Å². The quantitative estimate of drug-likeness (QED) is 0.478. The lowest BCUT2D eigenvalue weighted by Gasteiger charge is -2.37. The fourth-order valence-electron chi connectivity index (χ4n) is 4.58. The number of hydrogen-bond donors (Lipinski definition) is 1. The molecule has 2 bridgehead atoms. The summed E-state index contributed by atoms with van der Waals surface area (Å²) in [5, 5.41) is -1.27. The number of benzene rings is 1. The first-order valence-electron chi connectivity index (χ1n) is 11.2. The molecule has 2 N–H and O–H groups in total. The van der Waals surface area contributed by atoms with Gasteiger partial charge in [-0.05, 0) is 51.0 Å². The van der Waals surface area contributed by atoms with E-state index in [4.69, 9.17) is 15.2 Å². The molecule has 9 nitrogen and oxygen atoms in total. The van der Waals surface area contributed by atoms with Crippen molar-refractivity contribution in [1.29, 1.82) is 0 Å². The number of sulfone groups is 1. The van der Waals surface area contributed by atoms with Crippen molar-refractivity contribution in [2.45, 2.75) is 50.4 Å². The van der Waals surface area contributed by atoms with Crippen molar-refractivity contribution in [3.63, 3.8) is 0 Å². The van der Waals surface area contributed by atoms with E-state index in [1.54, 1.807) is 11.8 Å². The summed E-state index contributed by atoms with van der Waals surface area (Å²) < 4.78 is 36.0. The summed E-state index contributed by atoms with van der Waals surface area (Å²) in [6, 6.07) is 7.94. The molecule has 10 heteroatoms. The van der Waals surface area contributed by atoms with Crippen LogP contribution in [0.15, 0.2) is 24.3 Å². The number of ether oxygens (including phenoxy) is 2. The molecule has 2 aliphatic heterocycles. The fourth-order valence-corrected chi connectivity index (χ4v) is 6.12. The third-order valence-electron chi connectivity index (χ3n) is 6.03. The van der Waals surface area contributed by atoms with E-state index in [1.165, 1.54) is 0 Å². The topological polar surface area (TPSA) is 119 Å². The monoisotopic (exact) mass is 467 g/mol. The first-order valence-corrected chi connectivity index (χ1v) is 12.9. The maximum Gasteiger partial charge on any atom is 0.305 e. The number of likely N-dealkylation sites (tertiary alicyclic amines) is 1. The second kappa shape index (κ2) is 10.5. The van der Waals surface area contributed by atoms with Gasteiger partial charge in [-0.1, -0.05) is 0 Å². The molecule has 3 atom stereocenters. The van der Waals surface area contributed by atoms with Crippen LogP contribution in [0.4, 0.5) is 5.69 Å². The van der Waals surface area contributed by atoms with Gasteiger partial charge in [0.25, 0.3) is 0 Å². The lowest BCUT2D eigenvalue weighted by Crippen LogP contribution is -2.53. The maximum atomic E-state index is 13.3. The first kappa shape index (κ1) is 24.3. The summed E-state index contributed by atoms with van der Waals surface area (Å²) in [6.45, 7) is 5.48. The van der Waals surface area contributed by atoms with Crippen LogP contribution in [-0.4, -0.2) is 81.1 Å². The van der Waals surface area contributed by atoms with E-state index >= 15 is 0 Å². The molecule has 1 amide bonds. The minimum atomic E-state index is -3.76. The summed E-state index contributed by atoms with van der Waals surface area (Å²) in [4.78, 5) is 29.0. The van der Waals surface area contributed by atoms with Crippen LogP contribution in [0, 0.1) is 0 Å². The lowest BCUT2D eigenvalue weighted by atomic mass is 10.2. The van der Waals surface area contributed by atoms with E-state index in [1.807, 2.05) is 31.2 Å². The van der Waals surface area contributed by atoms with Crippen LogP contribution in [0.2, 0.25) is 0 Å². The van der Waals surface area contributed by atoms with Gasteiger partial charge in [0, 0.05) is 37.8 Å². The molecule has 0 aromatic heterocycles. The zero-order valence-corrected chi connectivity index (χ0v) is 19.6. The molecule has 178 valence electrons. The Bertz CT molecular complexity index is 905. The molecule has 2 fully saturated rings. The summed E-state index contributed by atoms with van der Waals surface area (Å²) in [5.74, 6) is -0.404. The predicted molar refractivity (Wildman–Crippen MR) is 121 cm³/mol. The third kappa shape index (κ3) is 5.35. The normalized spacial score (nSPS) is 21.0. The van der Waals surface area contributed by atoms with Crippen LogP contribution in [0.5, 0.6) is 5.75 Å². The highest BCUT2D eigenvalue weighted by Gasteiger charge is 2.48. The second-order valence-corrected chi connectivity index (χ2v) is 10.4. The molecule has 2 heterocycles. The Labute approximate surface area is 189 Å². The molecule has 1 unspecified atom stereocenters.